The molecule has 0 spiro atoms. The number of halogens is 1. The van der Waals surface area contributed by atoms with E-state index >= 15 is 0 Å². The van der Waals surface area contributed by atoms with Crippen molar-refractivity contribution in [1.82, 2.24) is 19.6 Å². The van der Waals surface area contributed by atoms with Crippen molar-refractivity contribution in [3.63, 3.8) is 0 Å². The summed E-state index contributed by atoms with van der Waals surface area (Å²) in [6, 6.07) is 9.70. The van der Waals surface area contributed by atoms with Gasteiger partial charge in [0.1, 0.15) is 11.6 Å². The maximum absolute atomic E-state index is 14.0. The molecule has 126 valence electrons. The first-order chi connectivity index (χ1) is 12.3. The zero-order valence-electron chi connectivity index (χ0n) is 13.2. The van der Waals surface area contributed by atoms with Gasteiger partial charge in [-0.1, -0.05) is 12.1 Å². The number of anilines is 2. The van der Waals surface area contributed by atoms with Crippen molar-refractivity contribution in [2.24, 2.45) is 0 Å². The number of thiophene rings is 1. The number of hydrogen-bond acceptors (Lipinski definition) is 6. The fourth-order valence-electron chi connectivity index (χ4n) is 2.44. The smallest absolute Gasteiger partial charge is 0.195 e. The van der Waals surface area contributed by atoms with Gasteiger partial charge in [-0.2, -0.15) is 9.61 Å². The lowest BCUT2D eigenvalue weighted by Gasteiger charge is -2.11. The summed E-state index contributed by atoms with van der Waals surface area (Å²) in [6.45, 7) is 1.19. The van der Waals surface area contributed by atoms with E-state index in [0.717, 1.165) is 5.56 Å². The minimum Gasteiger partial charge on any atom is -0.366 e. The first-order valence-corrected chi connectivity index (χ1v) is 8.61. The van der Waals surface area contributed by atoms with E-state index < -0.39 is 5.82 Å². The first-order valence-electron chi connectivity index (χ1n) is 7.73. The second-order valence-corrected chi connectivity index (χ2v) is 6.43. The number of rotatable bonds is 6. The molecule has 0 saturated carbocycles. The monoisotopic (exact) mass is 354 g/mol. The minimum absolute atomic E-state index is 0.185. The summed E-state index contributed by atoms with van der Waals surface area (Å²) in [5.41, 5.74) is 1.21. The van der Waals surface area contributed by atoms with Crippen molar-refractivity contribution in [2.45, 2.75) is 13.1 Å². The molecule has 4 aromatic heterocycles. The maximum atomic E-state index is 14.0. The number of pyridine rings is 1. The summed E-state index contributed by atoms with van der Waals surface area (Å²) < 4.78 is 15.4. The number of nitrogens with zero attached hydrogens (tertiary/aromatic N) is 4. The molecular weight excluding hydrogens is 339 g/mol. The van der Waals surface area contributed by atoms with E-state index in [1.54, 1.807) is 23.7 Å². The van der Waals surface area contributed by atoms with Crippen molar-refractivity contribution < 1.29 is 4.39 Å². The summed E-state index contributed by atoms with van der Waals surface area (Å²) in [6.07, 6.45) is 4.68. The highest BCUT2D eigenvalue weighted by Gasteiger charge is 2.11. The Hall–Kier alpha value is -3.00. The van der Waals surface area contributed by atoms with Gasteiger partial charge >= 0.3 is 0 Å². The maximum Gasteiger partial charge on any atom is 0.195 e. The van der Waals surface area contributed by atoms with Crippen molar-refractivity contribution in [3.05, 3.63) is 70.6 Å². The highest BCUT2D eigenvalue weighted by molar-refractivity contribution is 7.09. The lowest BCUT2D eigenvalue weighted by atomic mass is 10.3. The van der Waals surface area contributed by atoms with Crippen LogP contribution in [0.15, 0.2) is 54.3 Å². The van der Waals surface area contributed by atoms with Crippen LogP contribution >= 0.6 is 11.3 Å². The minimum atomic E-state index is -0.454. The zero-order valence-corrected chi connectivity index (χ0v) is 14.0. The highest BCUT2D eigenvalue weighted by atomic mass is 32.1. The number of aromatic nitrogens is 4. The van der Waals surface area contributed by atoms with Crippen LogP contribution in [0.4, 0.5) is 16.0 Å². The van der Waals surface area contributed by atoms with Crippen LogP contribution in [0.2, 0.25) is 0 Å². The largest absolute Gasteiger partial charge is 0.366 e. The molecule has 4 aromatic rings. The molecule has 0 radical (unpaired) electrons. The Kier molecular flexibility index (Phi) is 4.26. The number of nitrogens with one attached hydrogen (secondary N) is 2. The fourth-order valence-corrected chi connectivity index (χ4v) is 3.08. The van der Waals surface area contributed by atoms with Gasteiger partial charge in [-0.05, 0) is 23.1 Å². The molecule has 25 heavy (non-hydrogen) atoms. The molecular formula is C17H15FN6S. The SMILES string of the molecule is Fc1cnn2c(NCc3cccnc3)cc(NCc3cccs3)nc12. The summed E-state index contributed by atoms with van der Waals surface area (Å²) in [4.78, 5) is 9.59. The van der Waals surface area contributed by atoms with Gasteiger partial charge in [-0.3, -0.25) is 4.98 Å². The Morgan fingerprint density at radius 3 is 2.88 bits per heavy atom. The van der Waals surface area contributed by atoms with Gasteiger partial charge in [0.25, 0.3) is 0 Å². The Labute approximate surface area is 147 Å². The lowest BCUT2D eigenvalue weighted by Crippen LogP contribution is -2.09. The summed E-state index contributed by atoms with van der Waals surface area (Å²) >= 11 is 1.66. The molecule has 0 aliphatic rings. The molecule has 2 N–H and O–H groups in total. The summed E-state index contributed by atoms with van der Waals surface area (Å²) in [5.74, 6) is 0.796. The fraction of sp³-hybridized carbons (Fsp3) is 0.118. The third-order valence-corrected chi connectivity index (χ3v) is 4.53. The van der Waals surface area contributed by atoms with Crippen LogP contribution in [-0.2, 0) is 13.1 Å². The van der Waals surface area contributed by atoms with Crippen LogP contribution in [-0.4, -0.2) is 19.6 Å². The molecule has 0 bridgehead atoms. The Balaban J connectivity index is 1.59. The van der Waals surface area contributed by atoms with E-state index in [4.69, 9.17) is 0 Å². The van der Waals surface area contributed by atoms with Gasteiger partial charge in [-0.25, -0.2) is 9.37 Å². The molecule has 0 fully saturated rings. The molecule has 0 unspecified atom stereocenters. The van der Waals surface area contributed by atoms with E-state index in [9.17, 15) is 4.39 Å². The molecule has 4 heterocycles. The lowest BCUT2D eigenvalue weighted by molar-refractivity contribution is 0.636. The van der Waals surface area contributed by atoms with Gasteiger partial charge in [0.15, 0.2) is 11.5 Å². The molecule has 0 aliphatic carbocycles. The van der Waals surface area contributed by atoms with Gasteiger partial charge in [0.05, 0.1) is 12.7 Å². The summed E-state index contributed by atoms with van der Waals surface area (Å²) in [7, 11) is 0. The molecule has 8 heteroatoms. The third kappa shape index (κ3) is 3.43. The predicted octanol–water partition coefficient (Wildman–Crippen LogP) is 3.55. The van der Waals surface area contributed by atoms with Crippen molar-refractivity contribution >= 4 is 28.6 Å². The summed E-state index contributed by atoms with van der Waals surface area (Å²) in [5, 5.41) is 12.6. The molecule has 0 aromatic carbocycles. The van der Waals surface area contributed by atoms with Crippen LogP contribution in [0.1, 0.15) is 10.4 Å². The molecule has 6 nitrogen and oxygen atoms in total. The second-order valence-electron chi connectivity index (χ2n) is 5.40. The van der Waals surface area contributed by atoms with E-state index in [0.29, 0.717) is 24.7 Å². The van der Waals surface area contributed by atoms with E-state index in [1.807, 2.05) is 35.7 Å². The van der Waals surface area contributed by atoms with E-state index in [1.165, 1.54) is 15.6 Å². The van der Waals surface area contributed by atoms with Crippen molar-refractivity contribution in [1.29, 1.82) is 0 Å². The van der Waals surface area contributed by atoms with E-state index in [2.05, 4.69) is 25.7 Å². The number of hydrogen-bond donors (Lipinski definition) is 2. The first kappa shape index (κ1) is 15.5. The Bertz CT molecular complexity index is 968. The zero-order chi connectivity index (χ0) is 17.1. The van der Waals surface area contributed by atoms with Crippen LogP contribution < -0.4 is 10.6 Å². The standard InChI is InChI=1S/C17H15FN6S/c18-14-11-22-24-16(21-9-12-3-1-5-19-8-12)7-15(23-17(14)24)20-10-13-4-2-6-25-13/h1-8,11,21H,9-10H2,(H,20,23). The topological polar surface area (TPSA) is 67.1 Å². The molecule has 0 aliphatic heterocycles. The van der Waals surface area contributed by atoms with Crippen molar-refractivity contribution in [2.75, 3.05) is 10.6 Å². The van der Waals surface area contributed by atoms with Crippen LogP contribution in [0.3, 0.4) is 0 Å². The normalized spacial score (nSPS) is 10.9. The van der Waals surface area contributed by atoms with Gasteiger partial charge in [0, 0.05) is 29.9 Å². The molecule has 0 atom stereocenters. The number of fused-ring (bicyclic) bond motifs is 1. The van der Waals surface area contributed by atoms with Crippen molar-refractivity contribution in [3.8, 4) is 0 Å². The molecule has 4 rings (SSSR count). The van der Waals surface area contributed by atoms with Gasteiger partial charge in [0.2, 0.25) is 0 Å². The van der Waals surface area contributed by atoms with Crippen LogP contribution in [0, 0.1) is 5.82 Å². The quantitative estimate of drug-likeness (QED) is 0.554. The molecule has 0 saturated heterocycles. The van der Waals surface area contributed by atoms with Crippen LogP contribution in [0.5, 0.6) is 0 Å². The average molecular weight is 354 g/mol. The Morgan fingerprint density at radius 2 is 2.08 bits per heavy atom. The van der Waals surface area contributed by atoms with Gasteiger partial charge in [-0.15, -0.1) is 11.3 Å². The highest BCUT2D eigenvalue weighted by Crippen LogP contribution is 2.20. The predicted molar refractivity (Wildman–Crippen MR) is 96.2 cm³/mol. The third-order valence-electron chi connectivity index (χ3n) is 3.65. The van der Waals surface area contributed by atoms with Crippen LogP contribution in [0.25, 0.3) is 5.65 Å². The second kappa shape index (κ2) is 6.86. The van der Waals surface area contributed by atoms with E-state index in [-0.39, 0.29) is 5.65 Å². The average Bonchev–Trinajstić information content (AvgIpc) is 3.29. The molecule has 0 amide bonds. The Morgan fingerprint density at radius 1 is 1.12 bits per heavy atom. The van der Waals surface area contributed by atoms with Gasteiger partial charge < -0.3 is 10.6 Å².